The molecule has 0 saturated carbocycles. The lowest BCUT2D eigenvalue weighted by Crippen LogP contribution is -2.05. The van der Waals surface area contributed by atoms with Crippen LogP contribution in [-0.2, 0) is 0 Å². The van der Waals surface area contributed by atoms with Gasteiger partial charge in [0, 0.05) is 18.0 Å². The summed E-state index contributed by atoms with van der Waals surface area (Å²) in [7, 11) is 0. The predicted octanol–water partition coefficient (Wildman–Crippen LogP) is 2.34. The Morgan fingerprint density at radius 3 is 2.57 bits per heavy atom. The van der Waals surface area contributed by atoms with E-state index in [9.17, 15) is 5.11 Å². The molecule has 1 aromatic rings. The number of aromatic nitrogens is 2. The van der Waals surface area contributed by atoms with E-state index in [2.05, 4.69) is 23.8 Å². The topological polar surface area (TPSA) is 46.0 Å². The molecule has 0 bridgehead atoms. The maximum Gasteiger partial charge on any atom is 0.115 e. The Balaban J connectivity index is 2.46. The average Bonchev–Trinajstić information content (AvgIpc) is 2.19. The lowest BCUT2D eigenvalue weighted by atomic mass is 9.96. The van der Waals surface area contributed by atoms with Crippen LogP contribution in [0.3, 0.4) is 0 Å². The van der Waals surface area contributed by atoms with Crippen LogP contribution in [0, 0.1) is 5.92 Å². The molecule has 0 radical (unpaired) electrons. The number of hydrogen-bond donors (Lipinski definition) is 1. The summed E-state index contributed by atoms with van der Waals surface area (Å²) >= 11 is 0. The monoisotopic (exact) mass is 194 g/mol. The number of aliphatic hydroxyl groups is 1. The Hall–Kier alpha value is -0.960. The molecule has 0 saturated heterocycles. The van der Waals surface area contributed by atoms with E-state index in [1.807, 2.05) is 0 Å². The summed E-state index contributed by atoms with van der Waals surface area (Å²) in [6, 6.07) is 0. The number of nitrogens with zero attached hydrogens (tertiary/aromatic N) is 2. The van der Waals surface area contributed by atoms with Crippen LogP contribution in [0.25, 0.3) is 0 Å². The fraction of sp³-hybridized carbons (Fsp3) is 0.636. The molecule has 0 aromatic carbocycles. The third-order valence-corrected chi connectivity index (χ3v) is 2.37. The molecule has 2 unspecified atom stereocenters. The highest BCUT2D eigenvalue weighted by atomic mass is 16.3. The highest BCUT2D eigenvalue weighted by molar-refractivity contribution is 5.06. The van der Waals surface area contributed by atoms with E-state index in [1.54, 1.807) is 12.4 Å². The summed E-state index contributed by atoms with van der Waals surface area (Å²) in [6.45, 7) is 4.32. The first-order valence-corrected chi connectivity index (χ1v) is 5.17. The largest absolute Gasteiger partial charge is 0.388 e. The van der Waals surface area contributed by atoms with Gasteiger partial charge in [-0.25, -0.2) is 9.97 Å². The molecule has 14 heavy (non-hydrogen) atoms. The molecule has 78 valence electrons. The number of hydrogen-bond acceptors (Lipinski definition) is 3. The van der Waals surface area contributed by atoms with Crippen molar-refractivity contribution < 1.29 is 5.11 Å². The Morgan fingerprint density at radius 1 is 1.36 bits per heavy atom. The van der Waals surface area contributed by atoms with Crippen LogP contribution >= 0.6 is 0 Å². The van der Waals surface area contributed by atoms with Crippen molar-refractivity contribution in [2.75, 3.05) is 0 Å². The fourth-order valence-electron chi connectivity index (χ4n) is 1.61. The Labute approximate surface area is 85.2 Å². The molecule has 1 N–H and O–H groups in total. The van der Waals surface area contributed by atoms with Gasteiger partial charge in [0.1, 0.15) is 6.33 Å². The fourth-order valence-corrected chi connectivity index (χ4v) is 1.61. The molecule has 1 aromatic heterocycles. The normalized spacial score (nSPS) is 15.1. The van der Waals surface area contributed by atoms with Crippen LogP contribution in [0.5, 0.6) is 0 Å². The third-order valence-electron chi connectivity index (χ3n) is 2.37. The first-order chi connectivity index (χ1) is 6.74. The molecule has 1 heterocycles. The van der Waals surface area contributed by atoms with Crippen LogP contribution in [0.2, 0.25) is 0 Å². The standard InChI is InChI=1S/C11H18N2O/c1-3-4-9(2)5-11(14)10-6-12-8-13-7-10/h6-9,11,14H,3-5H2,1-2H3. The van der Waals surface area contributed by atoms with Crippen molar-refractivity contribution in [2.24, 2.45) is 5.92 Å². The zero-order chi connectivity index (χ0) is 10.4. The zero-order valence-corrected chi connectivity index (χ0v) is 8.85. The second kappa shape index (κ2) is 5.70. The maximum atomic E-state index is 9.84. The quantitative estimate of drug-likeness (QED) is 0.782. The molecule has 3 nitrogen and oxygen atoms in total. The van der Waals surface area contributed by atoms with Crippen molar-refractivity contribution in [1.29, 1.82) is 0 Å². The molecular formula is C11H18N2O. The van der Waals surface area contributed by atoms with Gasteiger partial charge in [-0.05, 0) is 12.3 Å². The summed E-state index contributed by atoms with van der Waals surface area (Å²) in [5, 5.41) is 9.84. The highest BCUT2D eigenvalue weighted by Crippen LogP contribution is 2.22. The van der Waals surface area contributed by atoms with Gasteiger partial charge in [0.2, 0.25) is 0 Å². The molecule has 0 aliphatic rings. The first kappa shape index (κ1) is 11.1. The lowest BCUT2D eigenvalue weighted by Gasteiger charge is -2.15. The van der Waals surface area contributed by atoms with E-state index in [-0.39, 0.29) is 0 Å². The molecular weight excluding hydrogens is 176 g/mol. The van der Waals surface area contributed by atoms with Crippen molar-refractivity contribution in [3.05, 3.63) is 24.3 Å². The molecule has 0 amide bonds. The third kappa shape index (κ3) is 3.42. The van der Waals surface area contributed by atoms with Crippen molar-refractivity contribution >= 4 is 0 Å². The van der Waals surface area contributed by atoms with Crippen LogP contribution < -0.4 is 0 Å². The summed E-state index contributed by atoms with van der Waals surface area (Å²) in [4.78, 5) is 7.78. The van der Waals surface area contributed by atoms with Gasteiger partial charge in [0.15, 0.2) is 0 Å². The summed E-state index contributed by atoms with van der Waals surface area (Å²) in [6.07, 6.45) is 7.53. The maximum absolute atomic E-state index is 9.84. The smallest absolute Gasteiger partial charge is 0.115 e. The molecule has 3 heteroatoms. The van der Waals surface area contributed by atoms with Gasteiger partial charge in [0.25, 0.3) is 0 Å². The SMILES string of the molecule is CCCC(C)CC(O)c1cncnc1. The number of rotatable bonds is 5. The first-order valence-electron chi connectivity index (χ1n) is 5.17. The lowest BCUT2D eigenvalue weighted by molar-refractivity contribution is 0.144. The van der Waals surface area contributed by atoms with Crippen LogP contribution in [-0.4, -0.2) is 15.1 Å². The van der Waals surface area contributed by atoms with Gasteiger partial charge in [-0.2, -0.15) is 0 Å². The van der Waals surface area contributed by atoms with E-state index in [0.29, 0.717) is 5.92 Å². The van der Waals surface area contributed by atoms with Crippen LogP contribution in [0.4, 0.5) is 0 Å². The summed E-state index contributed by atoms with van der Waals surface area (Å²) in [5.41, 5.74) is 0.815. The van der Waals surface area contributed by atoms with E-state index in [4.69, 9.17) is 0 Å². The molecule has 0 fully saturated rings. The van der Waals surface area contributed by atoms with Gasteiger partial charge in [-0.15, -0.1) is 0 Å². The van der Waals surface area contributed by atoms with E-state index >= 15 is 0 Å². The summed E-state index contributed by atoms with van der Waals surface area (Å²) in [5.74, 6) is 0.551. The minimum Gasteiger partial charge on any atom is -0.388 e. The van der Waals surface area contributed by atoms with E-state index in [0.717, 1.165) is 18.4 Å². The average molecular weight is 194 g/mol. The molecule has 0 aliphatic carbocycles. The van der Waals surface area contributed by atoms with Gasteiger partial charge in [0.05, 0.1) is 6.10 Å². The molecule has 0 aliphatic heterocycles. The van der Waals surface area contributed by atoms with E-state index < -0.39 is 6.10 Å². The Kier molecular flexibility index (Phi) is 4.53. The minimum atomic E-state index is -0.419. The van der Waals surface area contributed by atoms with Gasteiger partial charge < -0.3 is 5.11 Å². The van der Waals surface area contributed by atoms with Gasteiger partial charge >= 0.3 is 0 Å². The Morgan fingerprint density at radius 2 is 2.00 bits per heavy atom. The second-order valence-electron chi connectivity index (χ2n) is 3.82. The van der Waals surface area contributed by atoms with Crippen molar-refractivity contribution in [3.63, 3.8) is 0 Å². The highest BCUT2D eigenvalue weighted by Gasteiger charge is 2.11. The second-order valence-corrected chi connectivity index (χ2v) is 3.82. The van der Waals surface area contributed by atoms with E-state index in [1.165, 1.54) is 12.7 Å². The minimum absolute atomic E-state index is 0.419. The van der Waals surface area contributed by atoms with Crippen LogP contribution in [0.15, 0.2) is 18.7 Å². The van der Waals surface area contributed by atoms with Crippen LogP contribution in [0.1, 0.15) is 44.8 Å². The van der Waals surface area contributed by atoms with Crippen molar-refractivity contribution in [1.82, 2.24) is 9.97 Å². The Bertz CT molecular complexity index is 251. The molecule has 0 spiro atoms. The van der Waals surface area contributed by atoms with Gasteiger partial charge in [-0.1, -0.05) is 26.7 Å². The zero-order valence-electron chi connectivity index (χ0n) is 8.85. The molecule has 1 rings (SSSR count). The van der Waals surface area contributed by atoms with Gasteiger partial charge in [-0.3, -0.25) is 0 Å². The summed E-state index contributed by atoms with van der Waals surface area (Å²) < 4.78 is 0. The van der Waals surface area contributed by atoms with Crippen molar-refractivity contribution in [3.8, 4) is 0 Å². The molecule has 2 atom stereocenters. The predicted molar refractivity (Wildman–Crippen MR) is 55.7 cm³/mol. The van der Waals surface area contributed by atoms with Crippen molar-refractivity contribution in [2.45, 2.75) is 39.2 Å². The number of aliphatic hydroxyl groups excluding tert-OH is 1.